The zero-order valence-corrected chi connectivity index (χ0v) is 15.1. The van der Waals surface area contributed by atoms with Crippen LogP contribution in [0.5, 0.6) is 5.75 Å². The lowest BCUT2D eigenvalue weighted by molar-refractivity contribution is 0.0734. The van der Waals surface area contributed by atoms with Crippen LogP contribution in [0, 0.1) is 0 Å². The molecule has 0 aliphatic heterocycles. The standard InChI is InChI=1S/C20H23BrO2/c1-2-3-4-5-6-7-16-8-14-19(15-9-16)23-20(22)17-10-12-18(21)13-11-17/h8-15H,2-7H2,1H3. The summed E-state index contributed by atoms with van der Waals surface area (Å²) in [4.78, 5) is 12.0. The van der Waals surface area contributed by atoms with Crippen molar-refractivity contribution < 1.29 is 9.53 Å². The molecule has 3 heteroatoms. The van der Waals surface area contributed by atoms with Crippen molar-refractivity contribution in [2.75, 3.05) is 0 Å². The van der Waals surface area contributed by atoms with Crippen LogP contribution in [0.4, 0.5) is 0 Å². The van der Waals surface area contributed by atoms with E-state index in [2.05, 4.69) is 22.9 Å². The molecule has 0 N–H and O–H groups in total. The predicted octanol–water partition coefficient (Wildman–Crippen LogP) is 6.18. The molecule has 122 valence electrons. The van der Waals surface area contributed by atoms with E-state index in [4.69, 9.17) is 4.74 Å². The van der Waals surface area contributed by atoms with Gasteiger partial charge in [0.15, 0.2) is 0 Å². The minimum absolute atomic E-state index is 0.329. The molecule has 2 aromatic rings. The minimum atomic E-state index is -0.329. The molecule has 0 heterocycles. The van der Waals surface area contributed by atoms with Gasteiger partial charge in [-0.05, 0) is 54.8 Å². The Bertz CT molecular complexity index is 603. The number of unbranched alkanes of at least 4 members (excludes halogenated alkanes) is 4. The van der Waals surface area contributed by atoms with Gasteiger partial charge in [0.1, 0.15) is 5.75 Å². The first-order valence-corrected chi connectivity index (χ1v) is 9.05. The fraction of sp³-hybridized carbons (Fsp3) is 0.350. The molecule has 0 aromatic heterocycles. The molecule has 2 aromatic carbocycles. The lowest BCUT2D eigenvalue weighted by Gasteiger charge is -2.06. The number of benzene rings is 2. The Hall–Kier alpha value is -1.61. The maximum atomic E-state index is 12.0. The van der Waals surface area contributed by atoms with Crippen molar-refractivity contribution in [3.63, 3.8) is 0 Å². The van der Waals surface area contributed by atoms with Gasteiger partial charge in [-0.1, -0.05) is 60.7 Å². The van der Waals surface area contributed by atoms with Crippen LogP contribution in [-0.2, 0) is 6.42 Å². The van der Waals surface area contributed by atoms with Gasteiger partial charge in [0.2, 0.25) is 0 Å². The third-order valence-electron chi connectivity index (χ3n) is 3.78. The lowest BCUT2D eigenvalue weighted by Crippen LogP contribution is -2.08. The number of carbonyl (C=O) groups is 1. The molecule has 2 rings (SSSR count). The van der Waals surface area contributed by atoms with Gasteiger partial charge < -0.3 is 4.74 Å². The fourth-order valence-corrected chi connectivity index (χ4v) is 2.67. The van der Waals surface area contributed by atoms with Crippen molar-refractivity contribution in [1.82, 2.24) is 0 Å². The van der Waals surface area contributed by atoms with Crippen molar-refractivity contribution in [3.05, 3.63) is 64.1 Å². The summed E-state index contributed by atoms with van der Waals surface area (Å²) >= 11 is 3.35. The molecular formula is C20H23BrO2. The van der Waals surface area contributed by atoms with Gasteiger partial charge in [0.25, 0.3) is 0 Å². The highest BCUT2D eigenvalue weighted by atomic mass is 79.9. The lowest BCUT2D eigenvalue weighted by atomic mass is 10.1. The molecule has 0 atom stereocenters. The number of carbonyl (C=O) groups excluding carboxylic acids is 1. The zero-order chi connectivity index (χ0) is 16.5. The minimum Gasteiger partial charge on any atom is -0.423 e. The molecule has 0 radical (unpaired) electrons. The third-order valence-corrected chi connectivity index (χ3v) is 4.31. The number of rotatable bonds is 8. The van der Waals surface area contributed by atoms with Gasteiger partial charge in [0.05, 0.1) is 5.56 Å². The average Bonchev–Trinajstić information content (AvgIpc) is 2.57. The normalized spacial score (nSPS) is 10.5. The van der Waals surface area contributed by atoms with Gasteiger partial charge in [-0.3, -0.25) is 0 Å². The summed E-state index contributed by atoms with van der Waals surface area (Å²) in [5.41, 5.74) is 1.85. The topological polar surface area (TPSA) is 26.3 Å². The van der Waals surface area contributed by atoms with E-state index in [9.17, 15) is 4.79 Å². The first-order valence-electron chi connectivity index (χ1n) is 8.25. The summed E-state index contributed by atoms with van der Waals surface area (Å²) in [5, 5.41) is 0. The van der Waals surface area contributed by atoms with E-state index < -0.39 is 0 Å². The van der Waals surface area contributed by atoms with Crippen LogP contribution >= 0.6 is 15.9 Å². The summed E-state index contributed by atoms with van der Waals surface area (Å²) in [6.07, 6.45) is 7.51. The van der Waals surface area contributed by atoms with Crippen molar-refractivity contribution in [3.8, 4) is 5.75 Å². The molecule has 0 saturated carbocycles. The predicted molar refractivity (Wildman–Crippen MR) is 98.0 cm³/mol. The van der Waals surface area contributed by atoms with E-state index in [0.29, 0.717) is 11.3 Å². The molecule has 0 aliphatic carbocycles. The second kappa shape index (κ2) is 9.51. The second-order valence-electron chi connectivity index (χ2n) is 5.70. The SMILES string of the molecule is CCCCCCCc1ccc(OC(=O)c2ccc(Br)cc2)cc1. The zero-order valence-electron chi connectivity index (χ0n) is 13.6. The highest BCUT2D eigenvalue weighted by molar-refractivity contribution is 9.10. The monoisotopic (exact) mass is 374 g/mol. The Labute approximate surface area is 147 Å². The second-order valence-corrected chi connectivity index (χ2v) is 6.62. The number of hydrogen-bond acceptors (Lipinski definition) is 2. The van der Waals surface area contributed by atoms with Crippen molar-refractivity contribution in [2.45, 2.75) is 45.4 Å². The van der Waals surface area contributed by atoms with E-state index in [1.807, 2.05) is 36.4 Å². The van der Waals surface area contributed by atoms with Crippen molar-refractivity contribution in [1.29, 1.82) is 0 Å². The van der Waals surface area contributed by atoms with Crippen LogP contribution in [0.3, 0.4) is 0 Å². The van der Waals surface area contributed by atoms with Crippen LogP contribution in [0.25, 0.3) is 0 Å². The number of hydrogen-bond donors (Lipinski definition) is 0. The molecule has 0 amide bonds. The van der Waals surface area contributed by atoms with E-state index >= 15 is 0 Å². The van der Waals surface area contributed by atoms with Crippen LogP contribution < -0.4 is 4.74 Å². The smallest absolute Gasteiger partial charge is 0.343 e. The Kier molecular flexibility index (Phi) is 7.34. The Morgan fingerprint density at radius 3 is 2.22 bits per heavy atom. The molecule has 0 bridgehead atoms. The molecule has 2 nitrogen and oxygen atoms in total. The van der Waals surface area contributed by atoms with Crippen LogP contribution in [0.1, 0.15) is 54.9 Å². The van der Waals surface area contributed by atoms with Crippen LogP contribution in [-0.4, -0.2) is 5.97 Å². The summed E-state index contributed by atoms with van der Waals surface area (Å²) in [6, 6.07) is 15.0. The number of ether oxygens (including phenoxy) is 1. The molecule has 0 saturated heterocycles. The molecular weight excluding hydrogens is 352 g/mol. The molecule has 23 heavy (non-hydrogen) atoms. The van der Waals surface area contributed by atoms with E-state index in [0.717, 1.165) is 10.9 Å². The highest BCUT2D eigenvalue weighted by Gasteiger charge is 2.08. The van der Waals surface area contributed by atoms with E-state index in [-0.39, 0.29) is 5.97 Å². The molecule has 0 unspecified atom stereocenters. The summed E-state index contributed by atoms with van der Waals surface area (Å²) in [5.74, 6) is 0.262. The van der Waals surface area contributed by atoms with Crippen molar-refractivity contribution >= 4 is 21.9 Å². The maximum Gasteiger partial charge on any atom is 0.343 e. The highest BCUT2D eigenvalue weighted by Crippen LogP contribution is 2.17. The summed E-state index contributed by atoms with van der Waals surface area (Å²) < 4.78 is 6.34. The third kappa shape index (κ3) is 6.19. The maximum absolute atomic E-state index is 12.0. The first-order chi connectivity index (χ1) is 11.2. The van der Waals surface area contributed by atoms with Gasteiger partial charge in [-0.2, -0.15) is 0 Å². The molecule has 0 fully saturated rings. The van der Waals surface area contributed by atoms with E-state index in [1.165, 1.54) is 37.7 Å². The fourth-order valence-electron chi connectivity index (χ4n) is 2.41. The van der Waals surface area contributed by atoms with E-state index in [1.54, 1.807) is 12.1 Å². The Morgan fingerprint density at radius 2 is 1.57 bits per heavy atom. The van der Waals surface area contributed by atoms with Gasteiger partial charge in [-0.15, -0.1) is 0 Å². The van der Waals surface area contributed by atoms with Gasteiger partial charge >= 0.3 is 5.97 Å². The first kappa shape index (κ1) is 17.7. The van der Waals surface area contributed by atoms with Gasteiger partial charge in [0, 0.05) is 4.47 Å². The summed E-state index contributed by atoms with van der Waals surface area (Å²) in [7, 11) is 0. The van der Waals surface area contributed by atoms with Crippen LogP contribution in [0.15, 0.2) is 53.0 Å². The Morgan fingerprint density at radius 1 is 0.913 bits per heavy atom. The molecule has 0 aliphatic rings. The Balaban J connectivity index is 1.82. The number of aryl methyl sites for hydroxylation is 1. The average molecular weight is 375 g/mol. The molecule has 0 spiro atoms. The quantitative estimate of drug-likeness (QED) is 0.313. The number of halogens is 1. The number of esters is 1. The van der Waals surface area contributed by atoms with Gasteiger partial charge in [-0.25, -0.2) is 4.79 Å². The summed E-state index contributed by atoms with van der Waals surface area (Å²) in [6.45, 7) is 2.23. The van der Waals surface area contributed by atoms with Crippen molar-refractivity contribution in [2.24, 2.45) is 0 Å². The van der Waals surface area contributed by atoms with Crippen LogP contribution in [0.2, 0.25) is 0 Å². The largest absolute Gasteiger partial charge is 0.423 e.